The van der Waals surface area contributed by atoms with Gasteiger partial charge in [0, 0.05) is 13.1 Å². The number of carbonyl (C=O) groups excluding carboxylic acids is 1. The third kappa shape index (κ3) is 2.74. The second-order valence-electron chi connectivity index (χ2n) is 7.46. The van der Waals surface area contributed by atoms with E-state index in [0.717, 1.165) is 63.1 Å². The van der Waals surface area contributed by atoms with E-state index in [2.05, 4.69) is 17.6 Å². The van der Waals surface area contributed by atoms with E-state index in [9.17, 15) is 4.79 Å². The maximum absolute atomic E-state index is 12.7. The summed E-state index contributed by atoms with van der Waals surface area (Å²) >= 11 is 0. The lowest BCUT2D eigenvalue weighted by molar-refractivity contribution is -0.132. The smallest absolute Gasteiger partial charge is 0.227 e. The number of fused-ring (bicyclic) bond motifs is 2. The lowest BCUT2D eigenvalue weighted by Crippen LogP contribution is -2.51. The maximum Gasteiger partial charge on any atom is 0.227 e. The van der Waals surface area contributed by atoms with Gasteiger partial charge < -0.3 is 10.6 Å². The van der Waals surface area contributed by atoms with Gasteiger partial charge in [0.05, 0.1) is 5.41 Å². The highest BCUT2D eigenvalue weighted by molar-refractivity contribution is 5.83. The molecule has 3 heteroatoms. The van der Waals surface area contributed by atoms with Crippen LogP contribution < -0.4 is 10.6 Å². The van der Waals surface area contributed by atoms with Crippen LogP contribution in [0.25, 0.3) is 0 Å². The molecule has 0 aromatic carbocycles. The summed E-state index contributed by atoms with van der Waals surface area (Å²) in [5, 5.41) is 6.76. The molecule has 3 fully saturated rings. The average Bonchev–Trinajstić information content (AvgIpc) is 3.08. The molecule has 20 heavy (non-hydrogen) atoms. The van der Waals surface area contributed by atoms with Crippen molar-refractivity contribution in [2.24, 2.45) is 23.2 Å². The van der Waals surface area contributed by atoms with Crippen molar-refractivity contribution in [1.82, 2.24) is 10.6 Å². The van der Waals surface area contributed by atoms with E-state index in [1.807, 2.05) is 0 Å². The molecule has 3 nitrogen and oxygen atoms in total. The fourth-order valence-corrected chi connectivity index (χ4v) is 5.00. The van der Waals surface area contributed by atoms with Gasteiger partial charge in [0.1, 0.15) is 0 Å². The van der Waals surface area contributed by atoms with E-state index in [-0.39, 0.29) is 5.41 Å². The Morgan fingerprint density at radius 2 is 2.25 bits per heavy atom. The zero-order valence-electron chi connectivity index (χ0n) is 12.9. The molecule has 2 aliphatic carbocycles. The van der Waals surface area contributed by atoms with Crippen molar-refractivity contribution >= 4 is 5.91 Å². The third-order valence-electron chi connectivity index (χ3n) is 6.09. The van der Waals surface area contributed by atoms with Gasteiger partial charge in [-0.3, -0.25) is 4.79 Å². The molecule has 3 aliphatic rings. The molecule has 4 atom stereocenters. The van der Waals surface area contributed by atoms with E-state index in [4.69, 9.17) is 0 Å². The number of piperidine rings is 1. The summed E-state index contributed by atoms with van der Waals surface area (Å²) in [6.07, 6.45) is 9.99. The molecule has 1 heterocycles. The Labute approximate surface area is 123 Å². The predicted molar refractivity (Wildman–Crippen MR) is 81.4 cm³/mol. The van der Waals surface area contributed by atoms with Crippen LogP contribution in [-0.2, 0) is 4.79 Å². The summed E-state index contributed by atoms with van der Waals surface area (Å²) in [4.78, 5) is 12.7. The van der Waals surface area contributed by atoms with Gasteiger partial charge in [-0.2, -0.15) is 0 Å². The van der Waals surface area contributed by atoms with Gasteiger partial charge in [-0.15, -0.1) is 0 Å². The lowest BCUT2D eigenvalue weighted by Gasteiger charge is -2.37. The Balaban J connectivity index is 1.54. The predicted octanol–water partition coefficient (Wildman–Crippen LogP) is 2.71. The Hall–Kier alpha value is -0.570. The first-order valence-corrected chi connectivity index (χ1v) is 8.72. The Kier molecular flexibility index (Phi) is 4.34. The molecule has 2 N–H and O–H groups in total. The number of rotatable bonds is 5. The van der Waals surface area contributed by atoms with Gasteiger partial charge >= 0.3 is 0 Å². The quantitative estimate of drug-likeness (QED) is 0.812. The van der Waals surface area contributed by atoms with Crippen LogP contribution in [0.4, 0.5) is 0 Å². The molecule has 3 rings (SSSR count). The van der Waals surface area contributed by atoms with Crippen LogP contribution in [0, 0.1) is 23.2 Å². The summed E-state index contributed by atoms with van der Waals surface area (Å²) < 4.78 is 0. The van der Waals surface area contributed by atoms with Gasteiger partial charge in [-0.1, -0.05) is 19.8 Å². The van der Waals surface area contributed by atoms with Gasteiger partial charge in [-0.05, 0) is 62.8 Å². The molecule has 114 valence electrons. The van der Waals surface area contributed by atoms with Crippen LogP contribution in [0.2, 0.25) is 0 Å². The number of nitrogens with one attached hydrogen (secondary N) is 2. The average molecular weight is 278 g/mol. The van der Waals surface area contributed by atoms with E-state index in [1.165, 1.54) is 25.7 Å². The number of hydrogen-bond donors (Lipinski definition) is 2. The number of hydrogen-bond acceptors (Lipinski definition) is 2. The zero-order valence-corrected chi connectivity index (χ0v) is 12.9. The van der Waals surface area contributed by atoms with Crippen molar-refractivity contribution in [2.75, 3.05) is 19.6 Å². The summed E-state index contributed by atoms with van der Waals surface area (Å²) in [5.41, 5.74) is -0.120. The van der Waals surface area contributed by atoms with Gasteiger partial charge in [0.25, 0.3) is 0 Å². The van der Waals surface area contributed by atoms with Crippen molar-refractivity contribution in [1.29, 1.82) is 0 Å². The number of carbonyl (C=O) groups is 1. The maximum atomic E-state index is 12.7. The van der Waals surface area contributed by atoms with Crippen LogP contribution in [-0.4, -0.2) is 25.5 Å². The highest BCUT2D eigenvalue weighted by atomic mass is 16.2. The summed E-state index contributed by atoms with van der Waals surface area (Å²) in [6.45, 7) is 5.08. The topological polar surface area (TPSA) is 41.1 Å². The normalized spacial score (nSPS) is 40.0. The van der Waals surface area contributed by atoms with Crippen LogP contribution in [0.3, 0.4) is 0 Å². The van der Waals surface area contributed by atoms with Crippen molar-refractivity contribution < 1.29 is 4.79 Å². The van der Waals surface area contributed by atoms with E-state index in [0.29, 0.717) is 5.91 Å². The van der Waals surface area contributed by atoms with Crippen LogP contribution >= 0.6 is 0 Å². The zero-order chi connectivity index (χ0) is 14.0. The molecular formula is C17H30N2O. The minimum Gasteiger partial charge on any atom is -0.355 e. The summed E-state index contributed by atoms with van der Waals surface area (Å²) in [7, 11) is 0. The van der Waals surface area contributed by atoms with Crippen molar-refractivity contribution in [2.45, 2.75) is 58.3 Å². The molecule has 2 bridgehead atoms. The lowest BCUT2D eigenvalue weighted by atomic mass is 9.76. The third-order valence-corrected chi connectivity index (χ3v) is 6.09. The first kappa shape index (κ1) is 14.4. The van der Waals surface area contributed by atoms with Gasteiger partial charge in [-0.25, -0.2) is 0 Å². The molecule has 0 aromatic heterocycles. The Morgan fingerprint density at radius 1 is 1.35 bits per heavy atom. The van der Waals surface area contributed by atoms with Crippen LogP contribution in [0.15, 0.2) is 0 Å². The molecule has 1 amide bonds. The summed E-state index contributed by atoms with van der Waals surface area (Å²) in [5.74, 6) is 2.98. The van der Waals surface area contributed by atoms with Crippen LogP contribution in [0.5, 0.6) is 0 Å². The van der Waals surface area contributed by atoms with Gasteiger partial charge in [0.2, 0.25) is 5.91 Å². The van der Waals surface area contributed by atoms with E-state index in [1.54, 1.807) is 0 Å². The fourth-order valence-electron chi connectivity index (χ4n) is 5.00. The number of amides is 1. The first-order chi connectivity index (χ1) is 9.73. The Morgan fingerprint density at radius 3 is 2.85 bits per heavy atom. The van der Waals surface area contributed by atoms with E-state index < -0.39 is 0 Å². The molecule has 2 saturated carbocycles. The highest BCUT2D eigenvalue weighted by Gasteiger charge is 2.42. The summed E-state index contributed by atoms with van der Waals surface area (Å²) in [6, 6.07) is 0. The second-order valence-corrected chi connectivity index (χ2v) is 7.46. The van der Waals surface area contributed by atoms with Gasteiger partial charge in [0.15, 0.2) is 0 Å². The molecule has 0 spiro atoms. The minimum atomic E-state index is -0.120. The van der Waals surface area contributed by atoms with Crippen molar-refractivity contribution in [3.8, 4) is 0 Å². The monoisotopic (exact) mass is 278 g/mol. The van der Waals surface area contributed by atoms with Crippen LogP contribution in [0.1, 0.15) is 58.3 Å². The van der Waals surface area contributed by atoms with E-state index >= 15 is 0 Å². The largest absolute Gasteiger partial charge is 0.355 e. The SMILES string of the molecule is CCCC1(C(=O)NCC2CC3CCC2C3)CCCNC1. The molecule has 1 saturated heterocycles. The van der Waals surface area contributed by atoms with Crippen molar-refractivity contribution in [3.63, 3.8) is 0 Å². The highest BCUT2D eigenvalue weighted by Crippen LogP contribution is 2.48. The molecule has 1 aliphatic heterocycles. The molecule has 0 radical (unpaired) electrons. The minimum absolute atomic E-state index is 0.120. The fraction of sp³-hybridized carbons (Fsp3) is 0.941. The Bertz CT molecular complexity index is 343. The van der Waals surface area contributed by atoms with Crippen molar-refractivity contribution in [3.05, 3.63) is 0 Å². The molecular weight excluding hydrogens is 248 g/mol. The standard InChI is InChI=1S/C17H30N2O/c1-2-6-17(7-3-8-18-12-17)16(20)19-11-15-10-13-4-5-14(15)9-13/h13-15,18H,2-12H2,1H3,(H,19,20). The first-order valence-electron chi connectivity index (χ1n) is 8.72. The molecule has 0 aromatic rings. The second kappa shape index (κ2) is 6.05. The molecule has 4 unspecified atom stereocenters.